The number of nitrogens with zero attached hydrogens (tertiary/aromatic N) is 1. The average molecular weight is 337 g/mol. The van der Waals surface area contributed by atoms with E-state index in [4.69, 9.17) is 4.74 Å². The molecular formula is C21H23NO3. The van der Waals surface area contributed by atoms with Gasteiger partial charge in [0.25, 0.3) is 0 Å². The normalized spacial score (nSPS) is 11.1. The van der Waals surface area contributed by atoms with Gasteiger partial charge in [-0.05, 0) is 42.3 Å². The van der Waals surface area contributed by atoms with Crippen LogP contribution < -0.4 is 4.74 Å². The van der Waals surface area contributed by atoms with Gasteiger partial charge in [-0.15, -0.1) is 0 Å². The number of rotatable bonds is 8. The fourth-order valence-electron chi connectivity index (χ4n) is 2.47. The number of hydrogen-bond acceptors (Lipinski definition) is 4. The molecule has 0 radical (unpaired) electrons. The minimum absolute atomic E-state index is 0.106. The van der Waals surface area contributed by atoms with Crippen molar-refractivity contribution >= 4 is 11.6 Å². The highest BCUT2D eigenvalue weighted by Gasteiger charge is 2.10. The second-order valence-corrected chi connectivity index (χ2v) is 5.85. The van der Waals surface area contributed by atoms with Gasteiger partial charge < -0.3 is 14.9 Å². The molecule has 2 N–H and O–H groups in total. The summed E-state index contributed by atoms with van der Waals surface area (Å²) in [7, 11) is 0. The maximum absolute atomic E-state index is 9.74. The molecule has 4 heteroatoms. The second kappa shape index (κ2) is 9.39. The molecule has 4 nitrogen and oxygen atoms in total. The second-order valence-electron chi connectivity index (χ2n) is 5.85. The third-order valence-electron chi connectivity index (χ3n) is 3.84. The fourth-order valence-corrected chi connectivity index (χ4v) is 2.47. The summed E-state index contributed by atoms with van der Waals surface area (Å²) in [5.74, 6) is 0.786. The zero-order chi connectivity index (χ0) is 18.1. The molecule has 25 heavy (non-hydrogen) atoms. The number of nitriles is 1. The molecule has 0 aliphatic heterocycles. The zero-order valence-electron chi connectivity index (χ0n) is 14.4. The van der Waals surface area contributed by atoms with Crippen LogP contribution in [0, 0.1) is 11.3 Å². The first-order valence-corrected chi connectivity index (χ1v) is 8.51. The van der Waals surface area contributed by atoms with Crippen LogP contribution in [0.1, 0.15) is 43.7 Å². The van der Waals surface area contributed by atoms with Gasteiger partial charge in [0.1, 0.15) is 17.2 Å². The molecule has 0 heterocycles. The molecule has 0 fully saturated rings. The highest BCUT2D eigenvalue weighted by atomic mass is 16.5. The number of ether oxygens (including phenoxy) is 1. The molecule has 2 rings (SSSR count). The number of phenols is 2. The molecule has 0 aliphatic carbocycles. The van der Waals surface area contributed by atoms with Crippen LogP contribution in [0.15, 0.2) is 42.5 Å². The summed E-state index contributed by atoms with van der Waals surface area (Å²) in [6, 6.07) is 13.6. The molecule has 0 aliphatic rings. The fraction of sp³-hybridized carbons (Fsp3) is 0.286. The number of benzene rings is 2. The smallest absolute Gasteiger partial charge is 0.131 e. The van der Waals surface area contributed by atoms with E-state index in [1.54, 1.807) is 42.5 Å². The van der Waals surface area contributed by atoms with Gasteiger partial charge in [0.15, 0.2) is 0 Å². The van der Waals surface area contributed by atoms with Crippen molar-refractivity contribution in [1.82, 2.24) is 0 Å². The van der Waals surface area contributed by atoms with Gasteiger partial charge in [0.2, 0.25) is 0 Å². The molecule has 0 amide bonds. The van der Waals surface area contributed by atoms with Crippen molar-refractivity contribution in [2.24, 2.45) is 0 Å². The third-order valence-corrected chi connectivity index (χ3v) is 3.84. The lowest BCUT2D eigenvalue weighted by atomic mass is 10.0. The van der Waals surface area contributed by atoms with E-state index in [9.17, 15) is 15.5 Å². The van der Waals surface area contributed by atoms with Crippen LogP contribution in [0.5, 0.6) is 17.2 Å². The van der Waals surface area contributed by atoms with Crippen LogP contribution in [0.25, 0.3) is 11.6 Å². The number of hydrogen-bond donors (Lipinski definition) is 2. The van der Waals surface area contributed by atoms with E-state index in [1.807, 2.05) is 0 Å². The average Bonchev–Trinajstić information content (AvgIpc) is 2.62. The van der Waals surface area contributed by atoms with Crippen LogP contribution in [0.2, 0.25) is 0 Å². The van der Waals surface area contributed by atoms with Crippen molar-refractivity contribution in [2.75, 3.05) is 6.61 Å². The largest absolute Gasteiger partial charge is 0.508 e. The first kappa shape index (κ1) is 18.4. The van der Waals surface area contributed by atoms with Gasteiger partial charge in [-0.1, -0.05) is 38.3 Å². The molecule has 2 aromatic carbocycles. The minimum Gasteiger partial charge on any atom is -0.508 e. The van der Waals surface area contributed by atoms with Crippen LogP contribution >= 0.6 is 0 Å². The van der Waals surface area contributed by atoms with Gasteiger partial charge in [-0.3, -0.25) is 0 Å². The Morgan fingerprint density at radius 3 is 2.44 bits per heavy atom. The lowest BCUT2D eigenvalue weighted by Gasteiger charge is -2.11. The number of unbranched alkanes of at least 4 members (excludes halogenated alkanes) is 3. The molecule has 0 bridgehead atoms. The third kappa shape index (κ3) is 5.58. The summed E-state index contributed by atoms with van der Waals surface area (Å²) in [5.41, 5.74) is 1.88. The van der Waals surface area contributed by atoms with Gasteiger partial charge in [0, 0.05) is 11.6 Å². The molecule has 0 aromatic heterocycles. The van der Waals surface area contributed by atoms with Crippen molar-refractivity contribution in [1.29, 1.82) is 5.26 Å². The van der Waals surface area contributed by atoms with Gasteiger partial charge in [-0.2, -0.15) is 5.26 Å². The van der Waals surface area contributed by atoms with Gasteiger partial charge in [-0.25, -0.2) is 0 Å². The predicted octanol–water partition coefficient (Wildman–Crippen LogP) is 5.12. The summed E-state index contributed by atoms with van der Waals surface area (Å²) < 4.78 is 5.81. The van der Waals surface area contributed by atoms with E-state index in [0.29, 0.717) is 23.5 Å². The van der Waals surface area contributed by atoms with Crippen molar-refractivity contribution in [3.8, 4) is 23.3 Å². The number of phenolic OH excluding ortho intramolecular Hbond substituents is 2. The van der Waals surface area contributed by atoms with Crippen molar-refractivity contribution in [3.05, 3.63) is 53.6 Å². The Hall–Kier alpha value is -2.93. The zero-order valence-corrected chi connectivity index (χ0v) is 14.4. The Morgan fingerprint density at radius 1 is 1.04 bits per heavy atom. The van der Waals surface area contributed by atoms with E-state index in [-0.39, 0.29) is 11.5 Å². The van der Waals surface area contributed by atoms with E-state index < -0.39 is 0 Å². The first-order valence-electron chi connectivity index (χ1n) is 8.51. The summed E-state index contributed by atoms with van der Waals surface area (Å²) in [5, 5.41) is 28.7. The summed E-state index contributed by atoms with van der Waals surface area (Å²) in [6.07, 6.45) is 6.09. The van der Waals surface area contributed by atoms with Gasteiger partial charge in [0.05, 0.1) is 18.2 Å². The van der Waals surface area contributed by atoms with Crippen LogP contribution in [-0.4, -0.2) is 16.8 Å². The minimum atomic E-state index is 0.106. The maximum atomic E-state index is 9.74. The molecule has 0 unspecified atom stereocenters. The highest BCUT2D eigenvalue weighted by Crippen LogP contribution is 2.31. The van der Waals surface area contributed by atoms with Crippen LogP contribution in [0.3, 0.4) is 0 Å². The first-order chi connectivity index (χ1) is 12.1. The van der Waals surface area contributed by atoms with Crippen molar-refractivity contribution in [3.63, 3.8) is 0 Å². The molecule has 0 saturated heterocycles. The molecule has 130 valence electrons. The van der Waals surface area contributed by atoms with Crippen LogP contribution in [0.4, 0.5) is 0 Å². The Bertz CT molecular complexity index is 758. The topological polar surface area (TPSA) is 73.5 Å². The quantitative estimate of drug-likeness (QED) is 0.398. The lowest BCUT2D eigenvalue weighted by molar-refractivity contribution is 0.302. The molecule has 2 aromatic rings. The predicted molar refractivity (Wildman–Crippen MR) is 99.3 cm³/mol. The van der Waals surface area contributed by atoms with E-state index >= 15 is 0 Å². The Kier molecular flexibility index (Phi) is 6.91. The Morgan fingerprint density at radius 2 is 1.76 bits per heavy atom. The maximum Gasteiger partial charge on any atom is 0.131 e. The monoisotopic (exact) mass is 337 g/mol. The molecule has 0 atom stereocenters. The number of aromatic hydroxyl groups is 2. The summed E-state index contributed by atoms with van der Waals surface area (Å²) in [4.78, 5) is 0. The Balaban J connectivity index is 2.23. The van der Waals surface area contributed by atoms with E-state index in [0.717, 1.165) is 24.8 Å². The van der Waals surface area contributed by atoms with E-state index in [1.165, 1.54) is 12.5 Å². The van der Waals surface area contributed by atoms with Gasteiger partial charge >= 0.3 is 0 Å². The lowest BCUT2D eigenvalue weighted by Crippen LogP contribution is -2.00. The number of allylic oxidation sites excluding steroid dienone is 1. The summed E-state index contributed by atoms with van der Waals surface area (Å²) >= 11 is 0. The SMILES string of the molecule is CCCCCCOc1cc(O)ccc1C(C#N)=Cc1ccc(O)cc1. The van der Waals surface area contributed by atoms with Crippen LogP contribution in [-0.2, 0) is 0 Å². The van der Waals surface area contributed by atoms with Crippen molar-refractivity contribution in [2.45, 2.75) is 32.6 Å². The van der Waals surface area contributed by atoms with E-state index in [2.05, 4.69) is 13.0 Å². The summed E-state index contributed by atoms with van der Waals surface area (Å²) in [6.45, 7) is 2.70. The van der Waals surface area contributed by atoms with Crippen molar-refractivity contribution < 1.29 is 14.9 Å². The Labute approximate surface area is 148 Å². The highest BCUT2D eigenvalue weighted by molar-refractivity contribution is 5.91. The molecule has 0 saturated carbocycles. The molecule has 0 spiro atoms. The molecular weight excluding hydrogens is 314 g/mol. The standard InChI is InChI=1S/C21H23NO3/c1-2-3-4-5-12-25-21-14-19(24)10-11-20(21)17(15-22)13-16-6-8-18(23)9-7-16/h6-11,13-14,23-24H,2-5,12H2,1H3.